The molecule has 0 bridgehead atoms. The minimum atomic E-state index is 0.194. The molecule has 0 aliphatic carbocycles. The Balaban J connectivity index is 0.000000555. The average molecular weight is 451 g/mol. The van der Waals surface area contributed by atoms with Crippen LogP contribution in [0.5, 0.6) is 0 Å². The molecular weight excluding hydrogens is 412 g/mol. The second-order valence-electron chi connectivity index (χ2n) is 8.42. The predicted molar refractivity (Wildman–Crippen MR) is 143 cm³/mol. The number of benzene rings is 2. The molecule has 1 aromatic heterocycles. The summed E-state index contributed by atoms with van der Waals surface area (Å²) >= 11 is 4.12. The van der Waals surface area contributed by atoms with Crippen LogP contribution >= 0.6 is 12.6 Å². The summed E-state index contributed by atoms with van der Waals surface area (Å²) in [6.07, 6.45) is 3.04. The molecule has 32 heavy (non-hydrogen) atoms. The Morgan fingerprint density at radius 1 is 0.906 bits per heavy atom. The fourth-order valence-corrected chi connectivity index (χ4v) is 2.58. The maximum atomic E-state index is 5.26. The highest BCUT2D eigenvalue weighted by Crippen LogP contribution is 2.22. The van der Waals surface area contributed by atoms with Crippen LogP contribution in [0.3, 0.4) is 0 Å². The van der Waals surface area contributed by atoms with E-state index < -0.39 is 0 Å². The normalized spacial score (nSPS) is 10.2. The lowest BCUT2D eigenvalue weighted by Crippen LogP contribution is -2.03. The van der Waals surface area contributed by atoms with Gasteiger partial charge in [-0.1, -0.05) is 102 Å². The van der Waals surface area contributed by atoms with Crippen molar-refractivity contribution >= 4 is 24.2 Å². The first-order chi connectivity index (χ1) is 15.2. The molecule has 172 valence electrons. The van der Waals surface area contributed by atoms with Crippen LogP contribution in [0.2, 0.25) is 0 Å². The molecule has 0 radical (unpaired) electrons. The van der Waals surface area contributed by atoms with Gasteiger partial charge >= 0.3 is 0 Å². The number of nitrogens with zero attached hydrogens (tertiary/aromatic N) is 2. The molecule has 0 atom stereocenters. The highest BCUT2D eigenvalue weighted by atomic mass is 32.1. The molecule has 4 heteroatoms. The summed E-state index contributed by atoms with van der Waals surface area (Å²) in [6.45, 7) is 13.0. The van der Waals surface area contributed by atoms with Crippen LogP contribution in [0, 0.1) is 6.92 Å². The van der Waals surface area contributed by atoms with Crippen LogP contribution in [0.1, 0.15) is 63.3 Å². The van der Waals surface area contributed by atoms with Gasteiger partial charge in [0.15, 0.2) is 5.82 Å². The van der Waals surface area contributed by atoms with Crippen molar-refractivity contribution in [2.75, 3.05) is 7.11 Å². The van der Waals surface area contributed by atoms with E-state index in [-0.39, 0.29) is 4.75 Å². The van der Waals surface area contributed by atoms with E-state index in [1.807, 2.05) is 49.4 Å². The Bertz CT molecular complexity index is 885. The molecule has 0 aliphatic heterocycles. The number of ether oxygens (including phenoxy) is 1. The highest BCUT2D eigenvalue weighted by molar-refractivity contribution is 7.81. The molecule has 0 amide bonds. The van der Waals surface area contributed by atoms with Gasteiger partial charge < -0.3 is 4.74 Å². The lowest BCUT2D eigenvalue weighted by molar-refractivity contribution is 0.184. The fourth-order valence-electron chi connectivity index (χ4n) is 2.58. The zero-order valence-electron chi connectivity index (χ0n) is 20.6. The average Bonchev–Trinajstić information content (AvgIpc) is 2.75. The summed E-state index contributed by atoms with van der Waals surface area (Å²) in [6, 6.07) is 22.4. The van der Waals surface area contributed by atoms with Gasteiger partial charge in [-0.15, -0.1) is 0 Å². The Kier molecular flexibility index (Phi) is 12.6. The molecule has 0 saturated heterocycles. The lowest BCUT2D eigenvalue weighted by atomic mass is 10.0. The van der Waals surface area contributed by atoms with Gasteiger partial charge in [0, 0.05) is 29.2 Å². The highest BCUT2D eigenvalue weighted by Gasteiger charge is 2.10. The number of aliphatic imine (C=N–C) groups is 1. The molecule has 0 fully saturated rings. The van der Waals surface area contributed by atoms with E-state index >= 15 is 0 Å². The molecule has 3 rings (SSSR count). The van der Waals surface area contributed by atoms with Gasteiger partial charge in [-0.2, -0.15) is 12.6 Å². The van der Waals surface area contributed by atoms with Crippen LogP contribution in [-0.4, -0.2) is 22.6 Å². The summed E-state index contributed by atoms with van der Waals surface area (Å²) in [7, 11) is 1.70. The first kappa shape index (κ1) is 27.6. The van der Waals surface area contributed by atoms with E-state index in [0.29, 0.717) is 6.61 Å². The summed E-state index contributed by atoms with van der Waals surface area (Å²) in [5.74, 6) is 0.729. The van der Waals surface area contributed by atoms with Crippen molar-refractivity contribution in [1.82, 2.24) is 4.98 Å². The Labute approximate surface area is 200 Å². The van der Waals surface area contributed by atoms with Gasteiger partial charge in [-0.05, 0) is 24.1 Å². The smallest absolute Gasteiger partial charge is 0.155 e. The fraction of sp³-hybridized carbons (Fsp3) is 0.357. The molecule has 2 aromatic carbocycles. The summed E-state index contributed by atoms with van der Waals surface area (Å²) in [5.41, 5.74) is 5.21. The van der Waals surface area contributed by atoms with E-state index in [1.165, 1.54) is 6.42 Å². The minimum absolute atomic E-state index is 0.194. The molecule has 0 N–H and O–H groups in total. The summed E-state index contributed by atoms with van der Waals surface area (Å²) in [4.78, 5) is 9.36. The van der Waals surface area contributed by atoms with Gasteiger partial charge in [-0.3, -0.25) is 0 Å². The van der Waals surface area contributed by atoms with Crippen LogP contribution in [0.25, 0.3) is 0 Å². The SMILES string of the molecule is CC(C)(C)S.CCC.COCc1ccnc(N=C(c2ccccc2)c2ccccc2)c1C. The van der Waals surface area contributed by atoms with E-state index in [1.54, 1.807) is 13.3 Å². The standard InChI is InChI=1S/C21H20N2O.C4H10S.C3H8/c1-16-19(15-24-2)13-14-22-21(16)23-20(17-9-5-3-6-10-17)18-11-7-4-8-12-18;1-4(2,3)5;1-3-2/h3-14H,15H2,1-2H3;5H,1-3H3;3H2,1-2H3. The third-order valence-electron chi connectivity index (χ3n) is 3.90. The largest absolute Gasteiger partial charge is 0.380 e. The second kappa shape index (κ2) is 14.6. The number of aromatic nitrogens is 1. The van der Waals surface area contributed by atoms with Crippen LogP contribution in [0.4, 0.5) is 5.82 Å². The number of hydrogen-bond acceptors (Lipinski definition) is 4. The van der Waals surface area contributed by atoms with Gasteiger partial charge in [0.2, 0.25) is 0 Å². The number of pyridine rings is 1. The van der Waals surface area contributed by atoms with Crippen LogP contribution in [-0.2, 0) is 11.3 Å². The van der Waals surface area contributed by atoms with Crippen molar-refractivity contribution in [3.8, 4) is 0 Å². The third-order valence-corrected chi connectivity index (χ3v) is 3.90. The first-order valence-electron chi connectivity index (χ1n) is 11.1. The quantitative estimate of drug-likeness (QED) is 0.317. The molecular formula is C28H38N2OS. The van der Waals surface area contributed by atoms with Gasteiger partial charge in [0.1, 0.15) is 0 Å². The molecule has 3 nitrogen and oxygen atoms in total. The van der Waals surface area contributed by atoms with Crippen molar-refractivity contribution in [2.24, 2.45) is 4.99 Å². The minimum Gasteiger partial charge on any atom is -0.380 e. The number of rotatable bonds is 5. The lowest BCUT2D eigenvalue weighted by Gasteiger charge is -2.10. The summed E-state index contributed by atoms with van der Waals surface area (Å²) in [5, 5.41) is 0. The van der Waals surface area contributed by atoms with Crippen molar-refractivity contribution in [3.63, 3.8) is 0 Å². The van der Waals surface area contributed by atoms with E-state index in [9.17, 15) is 0 Å². The van der Waals surface area contributed by atoms with Gasteiger partial charge in [0.25, 0.3) is 0 Å². The number of methoxy groups -OCH3 is 1. The monoisotopic (exact) mass is 450 g/mol. The summed E-state index contributed by atoms with van der Waals surface area (Å²) < 4.78 is 5.46. The Morgan fingerprint density at radius 2 is 1.34 bits per heavy atom. The van der Waals surface area contributed by atoms with Crippen molar-refractivity contribution in [2.45, 2.75) is 59.3 Å². The van der Waals surface area contributed by atoms with Crippen molar-refractivity contribution < 1.29 is 4.74 Å². The maximum Gasteiger partial charge on any atom is 0.155 e. The molecule has 0 unspecified atom stereocenters. The number of thiol groups is 1. The van der Waals surface area contributed by atoms with E-state index in [4.69, 9.17) is 9.73 Å². The zero-order valence-corrected chi connectivity index (χ0v) is 21.5. The third kappa shape index (κ3) is 10.7. The van der Waals surface area contributed by atoms with Crippen molar-refractivity contribution in [3.05, 3.63) is 95.2 Å². The Hall–Kier alpha value is -2.43. The Morgan fingerprint density at radius 3 is 1.75 bits per heavy atom. The van der Waals surface area contributed by atoms with E-state index in [2.05, 4.69) is 76.5 Å². The van der Waals surface area contributed by atoms with Crippen molar-refractivity contribution in [1.29, 1.82) is 0 Å². The van der Waals surface area contributed by atoms with Crippen LogP contribution < -0.4 is 0 Å². The van der Waals surface area contributed by atoms with Crippen LogP contribution in [0.15, 0.2) is 77.9 Å². The predicted octanol–water partition coefficient (Wildman–Crippen LogP) is 7.84. The molecule has 1 heterocycles. The number of hydrogen-bond donors (Lipinski definition) is 1. The van der Waals surface area contributed by atoms with E-state index in [0.717, 1.165) is 33.8 Å². The molecule has 0 saturated carbocycles. The zero-order chi connectivity index (χ0) is 24.0. The maximum absolute atomic E-state index is 5.26. The topological polar surface area (TPSA) is 34.5 Å². The first-order valence-corrected chi connectivity index (χ1v) is 11.5. The van der Waals surface area contributed by atoms with Gasteiger partial charge in [0.05, 0.1) is 12.3 Å². The van der Waals surface area contributed by atoms with Gasteiger partial charge in [-0.25, -0.2) is 9.98 Å². The molecule has 3 aromatic rings. The second-order valence-corrected chi connectivity index (χ2v) is 9.76. The molecule has 0 spiro atoms. The molecule has 0 aliphatic rings.